The third-order valence-corrected chi connectivity index (χ3v) is 8.14. The maximum absolute atomic E-state index is 13.4. The van der Waals surface area contributed by atoms with Crippen LogP contribution in [0.2, 0.25) is 0 Å². The van der Waals surface area contributed by atoms with Crippen LogP contribution in [0.4, 0.5) is 4.39 Å². The summed E-state index contributed by atoms with van der Waals surface area (Å²) >= 11 is 3.83. The lowest BCUT2D eigenvalue weighted by molar-refractivity contribution is 0.617. The van der Waals surface area contributed by atoms with Gasteiger partial charge in [0.25, 0.3) is 0 Å². The monoisotopic (exact) mass is 276 g/mol. The first-order valence-corrected chi connectivity index (χ1v) is 8.87. The van der Waals surface area contributed by atoms with Crippen molar-refractivity contribution in [1.82, 2.24) is 0 Å². The van der Waals surface area contributed by atoms with E-state index in [9.17, 15) is 4.39 Å². The first-order chi connectivity index (χ1) is 6.70. The normalized spacial score (nSPS) is 22.1. The van der Waals surface area contributed by atoms with E-state index in [0.29, 0.717) is 0 Å². The van der Waals surface area contributed by atoms with Crippen molar-refractivity contribution < 1.29 is 4.39 Å². The van der Waals surface area contributed by atoms with Gasteiger partial charge in [0.1, 0.15) is 5.82 Å². The smallest absolute Gasteiger partial charge is 0.127 e. The molecular weight excluding hydrogens is 263 g/mol. The van der Waals surface area contributed by atoms with E-state index in [1.165, 1.54) is 24.3 Å². The van der Waals surface area contributed by atoms with Crippen molar-refractivity contribution in [2.45, 2.75) is 18.6 Å². The largest absolute Gasteiger partial charge is 0.207 e. The van der Waals surface area contributed by atoms with E-state index in [4.69, 9.17) is 0 Å². The Hall–Kier alpha value is -0.0200. The van der Waals surface area contributed by atoms with E-state index in [-0.39, 0.29) is 5.82 Å². The fourth-order valence-corrected chi connectivity index (χ4v) is 6.70. The zero-order chi connectivity index (χ0) is 10.0. The van der Waals surface area contributed by atoms with E-state index in [2.05, 4.69) is 14.8 Å². The molecule has 1 aromatic carbocycles. The van der Waals surface area contributed by atoms with Crippen LogP contribution in [-0.4, -0.2) is 11.5 Å². The minimum atomic E-state index is -0.707. The summed E-state index contributed by atoms with van der Waals surface area (Å²) in [4.78, 5) is 0. The molecular formula is C11H14BrFS. The van der Waals surface area contributed by atoms with E-state index < -0.39 is 8.46 Å². The number of hydrogen-bond donors (Lipinski definition) is 0. The molecule has 0 N–H and O–H groups in total. The van der Waals surface area contributed by atoms with Gasteiger partial charge in [0, 0.05) is 5.75 Å². The van der Waals surface area contributed by atoms with Gasteiger partial charge in [-0.1, -0.05) is 18.2 Å². The van der Waals surface area contributed by atoms with Gasteiger partial charge in [-0.25, -0.2) is 4.39 Å². The molecule has 1 aliphatic rings. The molecule has 0 aliphatic carbocycles. The third-order valence-electron chi connectivity index (χ3n) is 2.64. The summed E-state index contributed by atoms with van der Waals surface area (Å²) in [5.74, 6) is 3.35. The Morgan fingerprint density at radius 2 is 1.86 bits per heavy atom. The molecule has 0 bridgehead atoms. The molecule has 0 unspecified atom stereocenters. The summed E-state index contributed by atoms with van der Waals surface area (Å²) < 4.78 is 13.4. The van der Waals surface area contributed by atoms with Crippen LogP contribution in [-0.2, 0) is 5.75 Å². The topological polar surface area (TPSA) is 0 Å². The van der Waals surface area contributed by atoms with Crippen LogP contribution in [0.25, 0.3) is 0 Å². The number of hydrogen-bond acceptors (Lipinski definition) is 0. The molecule has 0 atom stereocenters. The molecule has 0 nitrogen and oxygen atoms in total. The van der Waals surface area contributed by atoms with Gasteiger partial charge >= 0.3 is 0 Å². The molecule has 1 saturated heterocycles. The lowest BCUT2D eigenvalue weighted by atomic mass is 10.2. The second-order valence-corrected chi connectivity index (χ2v) is 10.9. The zero-order valence-electron chi connectivity index (χ0n) is 8.01. The van der Waals surface area contributed by atoms with Crippen molar-refractivity contribution in [3.05, 3.63) is 35.6 Å². The Morgan fingerprint density at radius 1 is 1.21 bits per heavy atom. The summed E-state index contributed by atoms with van der Waals surface area (Å²) in [6.45, 7) is 0. The van der Waals surface area contributed by atoms with Crippen LogP contribution in [0.15, 0.2) is 24.3 Å². The molecule has 0 spiro atoms. The molecule has 2 rings (SSSR count). The zero-order valence-corrected chi connectivity index (χ0v) is 10.4. The maximum Gasteiger partial charge on any atom is 0.127 e. The van der Waals surface area contributed by atoms with E-state index in [1.807, 2.05) is 12.1 Å². The van der Waals surface area contributed by atoms with Crippen LogP contribution in [0.1, 0.15) is 18.4 Å². The Balaban J connectivity index is 2.14. The SMILES string of the molecule is Fc1ccccc1CS1(Br)CCCC1. The lowest BCUT2D eigenvalue weighted by Crippen LogP contribution is -1.99. The van der Waals surface area contributed by atoms with Crippen molar-refractivity contribution in [1.29, 1.82) is 0 Å². The van der Waals surface area contributed by atoms with Gasteiger partial charge in [-0.05, 0) is 50.8 Å². The first kappa shape index (κ1) is 10.5. The maximum atomic E-state index is 13.4. The first-order valence-electron chi connectivity index (χ1n) is 4.89. The highest BCUT2D eigenvalue weighted by atomic mass is 79.9. The summed E-state index contributed by atoms with van der Waals surface area (Å²) in [6.07, 6.45) is 2.60. The molecule has 0 amide bonds. The predicted molar refractivity (Wildman–Crippen MR) is 65.6 cm³/mol. The van der Waals surface area contributed by atoms with Gasteiger partial charge in [0.2, 0.25) is 0 Å². The van der Waals surface area contributed by atoms with Gasteiger partial charge in [-0.3, -0.25) is 0 Å². The Kier molecular flexibility index (Phi) is 3.17. The van der Waals surface area contributed by atoms with Crippen LogP contribution < -0.4 is 0 Å². The molecule has 1 heterocycles. The van der Waals surface area contributed by atoms with Crippen molar-refractivity contribution in [3.8, 4) is 0 Å². The average molecular weight is 277 g/mol. The number of halogens is 2. The standard InChI is InChI=1S/C11H14BrFS/c12-14(7-3-4-8-14)9-10-5-1-2-6-11(10)13/h1-2,5-6H,3-4,7-9H2. The van der Waals surface area contributed by atoms with Crippen LogP contribution in [0.3, 0.4) is 0 Å². The van der Waals surface area contributed by atoms with Crippen molar-refractivity contribution in [3.63, 3.8) is 0 Å². The summed E-state index contributed by atoms with van der Waals surface area (Å²) in [7, 11) is -0.707. The summed E-state index contributed by atoms with van der Waals surface area (Å²) in [5, 5.41) is 0. The van der Waals surface area contributed by atoms with Crippen LogP contribution >= 0.6 is 23.3 Å². The van der Waals surface area contributed by atoms with Crippen molar-refractivity contribution in [2.75, 3.05) is 11.5 Å². The molecule has 78 valence electrons. The summed E-state index contributed by atoms with van der Waals surface area (Å²) in [6, 6.07) is 7.14. The Labute approximate surface area is 93.4 Å². The highest BCUT2D eigenvalue weighted by Crippen LogP contribution is 2.62. The Morgan fingerprint density at radius 3 is 2.50 bits per heavy atom. The third kappa shape index (κ3) is 2.31. The number of benzene rings is 1. The van der Waals surface area contributed by atoms with Gasteiger partial charge in [0.05, 0.1) is 0 Å². The highest BCUT2D eigenvalue weighted by Gasteiger charge is 2.26. The minimum Gasteiger partial charge on any atom is -0.207 e. The van der Waals surface area contributed by atoms with E-state index in [0.717, 1.165) is 11.3 Å². The van der Waals surface area contributed by atoms with Gasteiger partial charge < -0.3 is 0 Å². The van der Waals surface area contributed by atoms with Crippen LogP contribution in [0.5, 0.6) is 0 Å². The number of rotatable bonds is 2. The van der Waals surface area contributed by atoms with Crippen LogP contribution in [0, 0.1) is 5.82 Å². The quantitative estimate of drug-likeness (QED) is 0.758. The summed E-state index contributed by atoms with van der Waals surface area (Å²) in [5.41, 5.74) is 0.876. The van der Waals surface area contributed by atoms with E-state index in [1.54, 1.807) is 12.1 Å². The Bertz CT molecular complexity index is 321. The molecule has 14 heavy (non-hydrogen) atoms. The van der Waals surface area contributed by atoms with E-state index >= 15 is 0 Å². The molecule has 0 aromatic heterocycles. The lowest BCUT2D eigenvalue weighted by Gasteiger charge is -2.27. The molecule has 1 aliphatic heterocycles. The fourth-order valence-electron chi connectivity index (χ4n) is 1.86. The minimum absolute atomic E-state index is 0.0503. The van der Waals surface area contributed by atoms with Gasteiger partial charge in [0.15, 0.2) is 0 Å². The van der Waals surface area contributed by atoms with Crippen molar-refractivity contribution in [2.24, 2.45) is 0 Å². The average Bonchev–Trinajstić information content (AvgIpc) is 2.57. The van der Waals surface area contributed by atoms with Gasteiger partial charge in [-0.15, -0.1) is 0 Å². The molecule has 1 fully saturated rings. The predicted octanol–water partition coefficient (Wildman–Crippen LogP) is 4.23. The van der Waals surface area contributed by atoms with Gasteiger partial charge in [-0.2, -0.15) is 8.46 Å². The fraction of sp³-hybridized carbons (Fsp3) is 0.455. The molecule has 0 radical (unpaired) electrons. The second-order valence-electron chi connectivity index (χ2n) is 3.79. The second kappa shape index (κ2) is 4.23. The molecule has 0 saturated carbocycles. The highest BCUT2D eigenvalue weighted by molar-refractivity contribution is 9.58. The van der Waals surface area contributed by atoms with Crippen molar-refractivity contribution >= 4 is 23.3 Å². The molecule has 1 aromatic rings. The molecule has 3 heteroatoms.